The lowest BCUT2D eigenvalue weighted by atomic mass is 10.0. The molecule has 0 saturated heterocycles. The van der Waals surface area contributed by atoms with E-state index in [2.05, 4.69) is 27.7 Å². The monoisotopic (exact) mass is 747 g/mol. The van der Waals surface area contributed by atoms with Crippen molar-refractivity contribution in [2.75, 3.05) is 26.2 Å². The summed E-state index contributed by atoms with van der Waals surface area (Å²) in [6.07, 6.45) is 64.7. The molecule has 0 aromatic rings. The van der Waals surface area contributed by atoms with Gasteiger partial charge in [-0.3, -0.25) is 0 Å². The summed E-state index contributed by atoms with van der Waals surface area (Å²) < 4.78 is 1.49. The molecule has 0 aromatic heterocycles. The van der Waals surface area contributed by atoms with Gasteiger partial charge in [0.2, 0.25) is 0 Å². The van der Waals surface area contributed by atoms with Gasteiger partial charge >= 0.3 is 0 Å². The fourth-order valence-electron chi connectivity index (χ4n) is 9.12. The van der Waals surface area contributed by atoms with Crippen molar-refractivity contribution in [1.29, 1.82) is 0 Å². The standard InChI is InChI=1S/C52H108N/c1-5-9-13-17-20-23-26-29-32-35-38-42-46-50-53(49-45-41-16-12-8-4,51-47-43-39-36-33-30-27-24-21-18-14-10-6-2)52-48-44-40-37-34-31-28-25-22-19-15-11-7-3/h5-52H2,1-4H3/q+1. The summed E-state index contributed by atoms with van der Waals surface area (Å²) in [7, 11) is 0. The Kier molecular flexibility index (Phi) is 46.3. The van der Waals surface area contributed by atoms with E-state index >= 15 is 0 Å². The molecule has 0 aromatic carbocycles. The lowest BCUT2D eigenvalue weighted by molar-refractivity contribution is -0.929. The number of nitrogens with zero attached hydrogens (tertiary/aromatic N) is 1. The Morgan fingerprint density at radius 2 is 0.264 bits per heavy atom. The Morgan fingerprint density at radius 3 is 0.396 bits per heavy atom. The third kappa shape index (κ3) is 41.4. The number of hydrogen-bond donors (Lipinski definition) is 0. The molecule has 0 radical (unpaired) electrons. The lowest BCUT2D eigenvalue weighted by Gasteiger charge is -2.40. The van der Waals surface area contributed by atoms with Gasteiger partial charge in [0.1, 0.15) is 0 Å². The summed E-state index contributed by atoms with van der Waals surface area (Å²) in [5.74, 6) is 0. The summed E-state index contributed by atoms with van der Waals surface area (Å²) in [6, 6.07) is 0. The number of hydrogen-bond acceptors (Lipinski definition) is 0. The Bertz CT molecular complexity index is 553. The van der Waals surface area contributed by atoms with Crippen LogP contribution in [0.25, 0.3) is 0 Å². The van der Waals surface area contributed by atoms with Crippen LogP contribution >= 0.6 is 0 Å². The minimum absolute atomic E-state index is 1.37. The molecule has 0 N–H and O–H groups in total. The zero-order valence-electron chi connectivity index (χ0n) is 38.4. The van der Waals surface area contributed by atoms with Crippen LogP contribution in [0.5, 0.6) is 0 Å². The predicted molar refractivity (Wildman–Crippen MR) is 246 cm³/mol. The van der Waals surface area contributed by atoms with Gasteiger partial charge in [-0.1, -0.05) is 259 Å². The lowest BCUT2D eigenvalue weighted by Crippen LogP contribution is -2.50. The summed E-state index contributed by atoms with van der Waals surface area (Å²) in [5, 5.41) is 0. The highest BCUT2D eigenvalue weighted by Gasteiger charge is 2.25. The average molecular weight is 747 g/mol. The topological polar surface area (TPSA) is 0 Å². The maximum Gasteiger partial charge on any atom is 0.0786 e. The van der Waals surface area contributed by atoms with Gasteiger partial charge in [-0.25, -0.2) is 0 Å². The van der Waals surface area contributed by atoms with E-state index in [1.54, 1.807) is 0 Å². The maximum absolute atomic E-state index is 2.37. The molecule has 0 spiro atoms. The predicted octanol–water partition coefficient (Wildman–Crippen LogP) is 19.0. The van der Waals surface area contributed by atoms with Gasteiger partial charge < -0.3 is 4.48 Å². The van der Waals surface area contributed by atoms with E-state index in [9.17, 15) is 0 Å². The summed E-state index contributed by atoms with van der Waals surface area (Å²) >= 11 is 0. The van der Waals surface area contributed by atoms with Crippen LogP contribution in [0.15, 0.2) is 0 Å². The number of quaternary nitrogens is 1. The molecule has 0 fully saturated rings. The van der Waals surface area contributed by atoms with E-state index in [4.69, 9.17) is 0 Å². The quantitative estimate of drug-likeness (QED) is 0.0430. The highest BCUT2D eigenvalue weighted by Crippen LogP contribution is 2.22. The molecule has 0 aliphatic carbocycles. The zero-order valence-corrected chi connectivity index (χ0v) is 38.4. The highest BCUT2D eigenvalue weighted by atomic mass is 15.3. The fraction of sp³-hybridized carbons (Fsp3) is 1.00. The van der Waals surface area contributed by atoms with Gasteiger partial charge in [0.25, 0.3) is 0 Å². The molecule has 0 aliphatic heterocycles. The van der Waals surface area contributed by atoms with E-state index in [0.29, 0.717) is 0 Å². The van der Waals surface area contributed by atoms with Gasteiger partial charge in [0.05, 0.1) is 26.2 Å². The minimum Gasteiger partial charge on any atom is -0.324 e. The first kappa shape index (κ1) is 53.0. The van der Waals surface area contributed by atoms with E-state index in [1.807, 2.05) is 0 Å². The molecule has 1 heteroatoms. The van der Waals surface area contributed by atoms with Crippen molar-refractivity contribution in [3.8, 4) is 0 Å². The van der Waals surface area contributed by atoms with Crippen LogP contribution in [0.1, 0.15) is 310 Å². The molecule has 0 rings (SSSR count). The largest absolute Gasteiger partial charge is 0.324 e. The molecule has 0 unspecified atom stereocenters. The van der Waals surface area contributed by atoms with Crippen molar-refractivity contribution < 1.29 is 4.48 Å². The zero-order chi connectivity index (χ0) is 38.4. The van der Waals surface area contributed by atoms with Gasteiger partial charge in [-0.05, 0) is 51.4 Å². The molecule has 53 heavy (non-hydrogen) atoms. The van der Waals surface area contributed by atoms with Crippen LogP contribution in [0.3, 0.4) is 0 Å². The van der Waals surface area contributed by atoms with Crippen molar-refractivity contribution in [2.24, 2.45) is 0 Å². The van der Waals surface area contributed by atoms with Crippen molar-refractivity contribution in [3.63, 3.8) is 0 Å². The second-order valence-electron chi connectivity index (χ2n) is 18.4. The smallest absolute Gasteiger partial charge is 0.0786 e. The Balaban J connectivity index is 4.68. The van der Waals surface area contributed by atoms with Gasteiger partial charge in [-0.15, -0.1) is 0 Å². The minimum atomic E-state index is 1.37. The van der Waals surface area contributed by atoms with Crippen LogP contribution in [0.2, 0.25) is 0 Å². The molecule has 0 amide bonds. The van der Waals surface area contributed by atoms with Crippen molar-refractivity contribution in [1.82, 2.24) is 0 Å². The Labute approximate surface area is 339 Å². The van der Waals surface area contributed by atoms with Gasteiger partial charge in [-0.2, -0.15) is 0 Å². The Hall–Kier alpha value is -0.0400. The first-order chi connectivity index (χ1) is 26.2. The van der Waals surface area contributed by atoms with Gasteiger partial charge in [0.15, 0.2) is 0 Å². The van der Waals surface area contributed by atoms with Crippen LogP contribution in [0, 0.1) is 0 Å². The molecule has 0 bridgehead atoms. The van der Waals surface area contributed by atoms with E-state index in [1.165, 1.54) is 313 Å². The first-order valence-corrected chi connectivity index (χ1v) is 26.1. The van der Waals surface area contributed by atoms with Crippen LogP contribution in [-0.2, 0) is 0 Å². The van der Waals surface area contributed by atoms with Gasteiger partial charge in [0, 0.05) is 0 Å². The number of rotatable bonds is 48. The van der Waals surface area contributed by atoms with E-state index in [-0.39, 0.29) is 0 Å². The highest BCUT2D eigenvalue weighted by molar-refractivity contribution is 4.56. The third-order valence-electron chi connectivity index (χ3n) is 12.9. The maximum atomic E-state index is 2.37. The summed E-state index contributed by atoms with van der Waals surface area (Å²) in [6.45, 7) is 15.3. The molecular formula is C52H108N+. The first-order valence-electron chi connectivity index (χ1n) is 26.1. The molecule has 320 valence electrons. The second kappa shape index (κ2) is 46.3. The fourth-order valence-corrected chi connectivity index (χ4v) is 9.12. The molecule has 0 saturated carbocycles. The van der Waals surface area contributed by atoms with Crippen LogP contribution in [-0.4, -0.2) is 30.7 Å². The van der Waals surface area contributed by atoms with E-state index < -0.39 is 0 Å². The average Bonchev–Trinajstić information content (AvgIpc) is 3.17. The molecular weight excluding hydrogens is 639 g/mol. The molecule has 0 heterocycles. The molecule has 1 nitrogen and oxygen atoms in total. The third-order valence-corrected chi connectivity index (χ3v) is 12.9. The second-order valence-corrected chi connectivity index (χ2v) is 18.4. The van der Waals surface area contributed by atoms with Crippen LogP contribution in [0.4, 0.5) is 0 Å². The van der Waals surface area contributed by atoms with Crippen molar-refractivity contribution in [2.45, 2.75) is 310 Å². The normalized spacial score (nSPS) is 12.0. The summed E-state index contributed by atoms with van der Waals surface area (Å²) in [4.78, 5) is 0. The Morgan fingerprint density at radius 1 is 0.151 bits per heavy atom. The number of unbranched alkanes of at least 4 members (excludes halogenated alkanes) is 40. The molecule has 0 aliphatic rings. The van der Waals surface area contributed by atoms with Crippen molar-refractivity contribution >= 4 is 0 Å². The summed E-state index contributed by atoms with van der Waals surface area (Å²) in [5.41, 5.74) is 0. The van der Waals surface area contributed by atoms with E-state index in [0.717, 1.165) is 0 Å². The molecule has 0 atom stereocenters. The van der Waals surface area contributed by atoms with Crippen LogP contribution < -0.4 is 0 Å². The SMILES string of the molecule is CCCCCCCCCCCCCCC[N+](CCCCCCC)(CCCCCCCCCCCCCCC)CCCCCCCCCCCCCCC. The van der Waals surface area contributed by atoms with Crippen molar-refractivity contribution in [3.05, 3.63) is 0 Å².